The van der Waals surface area contributed by atoms with Crippen molar-refractivity contribution in [1.29, 1.82) is 0 Å². The number of fused-ring (bicyclic) bond motifs is 2. The van der Waals surface area contributed by atoms with Gasteiger partial charge in [0.15, 0.2) is 0 Å². The number of amides is 2. The summed E-state index contributed by atoms with van der Waals surface area (Å²) in [5.74, 6) is -1.68. The Bertz CT molecular complexity index is 905. The molecule has 4 N–H and O–H groups in total. The van der Waals surface area contributed by atoms with E-state index in [9.17, 15) is 22.8 Å². The number of primary amides is 1. The number of anilines is 2. The number of piperidine rings is 1. The number of nitrogens with zero attached hydrogens (tertiary/aromatic N) is 3. The molecule has 2 amide bonds. The van der Waals surface area contributed by atoms with Gasteiger partial charge in [-0.25, -0.2) is 4.98 Å². The summed E-state index contributed by atoms with van der Waals surface area (Å²) >= 11 is 0. The molecule has 1 aliphatic heterocycles. The second-order valence-corrected chi connectivity index (χ2v) is 8.45. The number of hydrogen-bond acceptors (Lipinski definition) is 6. The molecule has 11 heteroatoms. The molecule has 2 heterocycles. The molecule has 1 saturated heterocycles. The summed E-state index contributed by atoms with van der Waals surface area (Å²) in [6, 6.07) is -0.717. The number of alkyl halides is 3. The van der Waals surface area contributed by atoms with E-state index in [1.165, 1.54) is 6.92 Å². The summed E-state index contributed by atoms with van der Waals surface area (Å²) in [6.45, 7) is 2.57. The molecule has 0 radical (unpaired) electrons. The van der Waals surface area contributed by atoms with E-state index in [1.807, 2.05) is 12.2 Å². The highest BCUT2D eigenvalue weighted by molar-refractivity contribution is 5.80. The van der Waals surface area contributed by atoms with Crippen LogP contribution in [0.1, 0.15) is 31.7 Å². The van der Waals surface area contributed by atoms with Crippen molar-refractivity contribution in [2.45, 2.75) is 44.4 Å². The molecule has 1 saturated carbocycles. The van der Waals surface area contributed by atoms with Gasteiger partial charge in [-0.05, 0) is 31.1 Å². The third kappa shape index (κ3) is 4.31. The van der Waals surface area contributed by atoms with Gasteiger partial charge >= 0.3 is 6.18 Å². The number of nitrogens with two attached hydrogens (primary N) is 1. The molecule has 2 fully saturated rings. The lowest BCUT2D eigenvalue weighted by atomic mass is 9.88. The first-order valence-electron chi connectivity index (χ1n) is 10.3. The van der Waals surface area contributed by atoms with E-state index in [0.717, 1.165) is 19.0 Å². The number of halogens is 3. The average Bonchev–Trinajstić information content (AvgIpc) is 3.29. The standard InChI is InChI=1S/C20H25F3N6O2/c1-10(30)29-6-2-3-13(9-29)26-19-25-8-14(20(21,22)23)18(28-19)27-16-12-5-4-11(7-12)15(16)17(24)31/h4-5,8,11-13,15-16H,2-3,6-7,9H2,1H3,(H2,24,31)(H2,25,26,27,28). The van der Waals surface area contributed by atoms with E-state index in [1.54, 1.807) is 4.90 Å². The smallest absolute Gasteiger partial charge is 0.369 e. The van der Waals surface area contributed by atoms with Crippen molar-refractivity contribution >= 4 is 23.6 Å². The van der Waals surface area contributed by atoms with E-state index in [2.05, 4.69) is 20.6 Å². The van der Waals surface area contributed by atoms with Crippen LogP contribution in [0.2, 0.25) is 0 Å². The molecule has 168 valence electrons. The van der Waals surface area contributed by atoms with Crippen LogP contribution >= 0.6 is 0 Å². The first-order chi connectivity index (χ1) is 14.6. The van der Waals surface area contributed by atoms with Crippen molar-refractivity contribution in [2.24, 2.45) is 23.5 Å². The molecule has 3 aliphatic rings. The summed E-state index contributed by atoms with van der Waals surface area (Å²) in [7, 11) is 0. The van der Waals surface area contributed by atoms with E-state index in [-0.39, 0.29) is 35.6 Å². The Balaban J connectivity index is 1.58. The fraction of sp³-hybridized carbons (Fsp3) is 0.600. The van der Waals surface area contributed by atoms with Crippen LogP contribution in [-0.2, 0) is 15.8 Å². The van der Waals surface area contributed by atoms with Crippen LogP contribution in [0.25, 0.3) is 0 Å². The Morgan fingerprint density at radius 3 is 2.65 bits per heavy atom. The van der Waals surface area contributed by atoms with E-state index >= 15 is 0 Å². The lowest BCUT2D eigenvalue weighted by Crippen LogP contribution is -2.44. The van der Waals surface area contributed by atoms with Crippen LogP contribution in [-0.4, -0.2) is 51.9 Å². The molecular formula is C20H25F3N6O2. The zero-order chi connectivity index (χ0) is 22.3. The number of rotatable bonds is 5. The minimum absolute atomic E-state index is 0.0419. The van der Waals surface area contributed by atoms with E-state index in [0.29, 0.717) is 19.5 Å². The number of carbonyl (C=O) groups is 2. The van der Waals surface area contributed by atoms with Crippen molar-refractivity contribution in [1.82, 2.24) is 14.9 Å². The summed E-state index contributed by atoms with van der Waals surface area (Å²) < 4.78 is 40.8. The zero-order valence-corrected chi connectivity index (χ0v) is 17.0. The SMILES string of the molecule is CC(=O)N1CCCC(Nc2ncc(C(F)(F)F)c(NC3C4C=CC(C4)C3C(N)=O)n2)C1. The third-order valence-electron chi connectivity index (χ3n) is 6.39. The maximum Gasteiger partial charge on any atom is 0.421 e. The predicted molar refractivity (Wildman–Crippen MR) is 107 cm³/mol. The normalized spacial score (nSPS) is 29.8. The van der Waals surface area contributed by atoms with E-state index in [4.69, 9.17) is 5.73 Å². The first kappa shape index (κ1) is 21.4. The van der Waals surface area contributed by atoms with Crippen LogP contribution in [0.4, 0.5) is 24.9 Å². The number of hydrogen-bond donors (Lipinski definition) is 3. The maximum absolute atomic E-state index is 13.6. The predicted octanol–water partition coefficient (Wildman–Crippen LogP) is 2.01. The average molecular weight is 438 g/mol. The van der Waals surface area contributed by atoms with Gasteiger partial charge < -0.3 is 21.3 Å². The minimum Gasteiger partial charge on any atom is -0.369 e. The lowest BCUT2D eigenvalue weighted by molar-refractivity contribution is -0.137. The quantitative estimate of drug-likeness (QED) is 0.606. The van der Waals surface area contributed by atoms with E-state index < -0.39 is 29.6 Å². The van der Waals surface area contributed by atoms with Gasteiger partial charge in [-0.1, -0.05) is 12.2 Å². The molecule has 4 rings (SSSR count). The van der Waals surface area contributed by atoms with Crippen LogP contribution < -0.4 is 16.4 Å². The molecule has 5 unspecified atom stereocenters. The molecule has 0 aromatic carbocycles. The van der Waals surface area contributed by atoms with Crippen molar-refractivity contribution in [3.8, 4) is 0 Å². The molecule has 0 spiro atoms. The molecule has 2 aliphatic carbocycles. The largest absolute Gasteiger partial charge is 0.421 e. The van der Waals surface area contributed by atoms with Crippen LogP contribution in [0.3, 0.4) is 0 Å². The highest BCUT2D eigenvalue weighted by atomic mass is 19.4. The highest BCUT2D eigenvalue weighted by Crippen LogP contribution is 2.45. The Morgan fingerprint density at radius 2 is 1.97 bits per heavy atom. The van der Waals surface area contributed by atoms with Gasteiger partial charge in [-0.2, -0.15) is 18.2 Å². The summed E-state index contributed by atoms with van der Waals surface area (Å²) in [6.07, 6.45) is 2.09. The van der Waals surface area contributed by atoms with Crippen molar-refractivity contribution in [2.75, 3.05) is 23.7 Å². The maximum atomic E-state index is 13.6. The minimum atomic E-state index is -4.66. The number of carbonyl (C=O) groups excluding carboxylic acids is 2. The Labute approximate surface area is 177 Å². The van der Waals surface area contributed by atoms with Gasteiger partial charge in [0, 0.05) is 38.3 Å². The lowest BCUT2D eigenvalue weighted by Gasteiger charge is -2.32. The molecule has 8 nitrogen and oxygen atoms in total. The molecule has 1 aromatic heterocycles. The van der Waals surface area contributed by atoms with Gasteiger partial charge in [0.25, 0.3) is 0 Å². The number of aromatic nitrogens is 2. The van der Waals surface area contributed by atoms with Gasteiger partial charge in [-0.15, -0.1) is 0 Å². The fourth-order valence-corrected chi connectivity index (χ4v) is 4.90. The molecular weight excluding hydrogens is 413 g/mol. The van der Waals surface area contributed by atoms with Crippen molar-refractivity contribution < 1.29 is 22.8 Å². The van der Waals surface area contributed by atoms with Crippen molar-refractivity contribution in [3.05, 3.63) is 23.9 Å². The second-order valence-electron chi connectivity index (χ2n) is 8.45. The fourth-order valence-electron chi connectivity index (χ4n) is 4.90. The van der Waals surface area contributed by atoms with Gasteiger partial charge in [-0.3, -0.25) is 9.59 Å². The number of nitrogens with one attached hydrogen (secondary N) is 2. The van der Waals surface area contributed by atoms with Gasteiger partial charge in [0.2, 0.25) is 17.8 Å². The third-order valence-corrected chi connectivity index (χ3v) is 6.39. The number of likely N-dealkylation sites (tertiary alicyclic amines) is 1. The van der Waals surface area contributed by atoms with Gasteiger partial charge in [0.05, 0.1) is 5.92 Å². The summed E-state index contributed by atoms with van der Waals surface area (Å²) in [5, 5.41) is 5.90. The number of allylic oxidation sites excluding steroid dienone is 1. The Morgan fingerprint density at radius 1 is 1.23 bits per heavy atom. The monoisotopic (exact) mass is 438 g/mol. The molecule has 1 aromatic rings. The zero-order valence-electron chi connectivity index (χ0n) is 17.0. The van der Waals surface area contributed by atoms with Crippen LogP contribution in [0, 0.1) is 17.8 Å². The molecule has 5 atom stereocenters. The Kier molecular flexibility index (Phi) is 5.52. The topological polar surface area (TPSA) is 113 Å². The summed E-state index contributed by atoms with van der Waals surface area (Å²) in [4.78, 5) is 33.2. The second kappa shape index (κ2) is 8.01. The van der Waals surface area contributed by atoms with Crippen LogP contribution in [0.5, 0.6) is 0 Å². The molecule has 2 bridgehead atoms. The first-order valence-corrected chi connectivity index (χ1v) is 10.3. The highest BCUT2D eigenvalue weighted by Gasteiger charge is 2.48. The molecule has 31 heavy (non-hydrogen) atoms. The van der Waals surface area contributed by atoms with Crippen LogP contribution in [0.15, 0.2) is 18.3 Å². The van der Waals surface area contributed by atoms with Crippen molar-refractivity contribution in [3.63, 3.8) is 0 Å². The summed E-state index contributed by atoms with van der Waals surface area (Å²) in [5.41, 5.74) is 4.53. The van der Waals surface area contributed by atoms with Gasteiger partial charge in [0.1, 0.15) is 11.4 Å². The Hall–Kier alpha value is -2.85.